The lowest BCUT2D eigenvalue weighted by Crippen LogP contribution is -2.27. The summed E-state index contributed by atoms with van der Waals surface area (Å²) >= 11 is 0. The van der Waals surface area contributed by atoms with E-state index in [4.69, 9.17) is 0 Å². The van der Waals surface area contributed by atoms with Gasteiger partial charge in [0.15, 0.2) is 0 Å². The van der Waals surface area contributed by atoms with Crippen molar-refractivity contribution in [2.75, 3.05) is 13.1 Å². The zero-order valence-electron chi connectivity index (χ0n) is 12.0. The summed E-state index contributed by atoms with van der Waals surface area (Å²) in [5.41, 5.74) is 2.80. The van der Waals surface area contributed by atoms with Crippen LogP contribution in [0, 0.1) is 18.8 Å². The van der Waals surface area contributed by atoms with Crippen LogP contribution in [-0.4, -0.2) is 13.1 Å². The smallest absolute Gasteiger partial charge is 0.00227 e. The summed E-state index contributed by atoms with van der Waals surface area (Å²) in [4.78, 5) is 0. The maximum Gasteiger partial charge on any atom is 0.00227 e. The average molecular weight is 233 g/mol. The zero-order valence-corrected chi connectivity index (χ0v) is 12.0. The molecule has 0 aromatic heterocycles. The minimum Gasteiger partial charge on any atom is -0.316 e. The number of hydrogen-bond acceptors (Lipinski definition) is 1. The molecule has 0 aliphatic heterocycles. The molecule has 1 atom stereocenters. The van der Waals surface area contributed by atoms with Crippen molar-refractivity contribution in [2.24, 2.45) is 11.8 Å². The van der Waals surface area contributed by atoms with Crippen LogP contribution in [0.1, 0.15) is 44.7 Å². The molecule has 0 aliphatic rings. The van der Waals surface area contributed by atoms with Crippen LogP contribution in [0.25, 0.3) is 0 Å². The van der Waals surface area contributed by atoms with Gasteiger partial charge in [0.2, 0.25) is 0 Å². The van der Waals surface area contributed by atoms with Crippen LogP contribution in [0.3, 0.4) is 0 Å². The second-order valence-corrected chi connectivity index (χ2v) is 5.81. The first-order valence-electron chi connectivity index (χ1n) is 6.78. The molecule has 0 fully saturated rings. The summed E-state index contributed by atoms with van der Waals surface area (Å²) in [6, 6.07) is 8.98. The van der Waals surface area contributed by atoms with E-state index in [1.807, 2.05) is 0 Å². The summed E-state index contributed by atoms with van der Waals surface area (Å²) < 4.78 is 0. The third-order valence-electron chi connectivity index (χ3n) is 3.23. The molecule has 1 N–H and O–H groups in total. The molecule has 1 unspecified atom stereocenters. The van der Waals surface area contributed by atoms with Gasteiger partial charge in [0.1, 0.15) is 0 Å². The molecule has 1 rings (SSSR count). The molecule has 0 heterocycles. The van der Waals surface area contributed by atoms with Crippen molar-refractivity contribution in [2.45, 2.75) is 40.5 Å². The fourth-order valence-corrected chi connectivity index (χ4v) is 2.08. The van der Waals surface area contributed by atoms with E-state index in [1.54, 1.807) is 0 Å². The largest absolute Gasteiger partial charge is 0.316 e. The predicted octanol–water partition coefficient (Wildman–Crippen LogP) is 3.98. The maximum atomic E-state index is 3.58. The molecule has 1 nitrogen and oxygen atoms in total. The molecule has 0 saturated carbocycles. The van der Waals surface area contributed by atoms with Gasteiger partial charge < -0.3 is 5.32 Å². The van der Waals surface area contributed by atoms with Gasteiger partial charge in [-0.25, -0.2) is 0 Å². The van der Waals surface area contributed by atoms with Crippen molar-refractivity contribution >= 4 is 0 Å². The van der Waals surface area contributed by atoms with Crippen LogP contribution in [0.2, 0.25) is 0 Å². The van der Waals surface area contributed by atoms with Gasteiger partial charge in [0, 0.05) is 6.54 Å². The van der Waals surface area contributed by atoms with Crippen molar-refractivity contribution in [3.8, 4) is 0 Å². The summed E-state index contributed by atoms with van der Waals surface area (Å²) in [5, 5.41) is 3.58. The molecule has 1 aromatic rings. The van der Waals surface area contributed by atoms with Crippen molar-refractivity contribution in [3.05, 3.63) is 35.4 Å². The number of hydrogen-bond donors (Lipinski definition) is 1. The number of aryl methyl sites for hydroxylation is 1. The Labute approximate surface area is 107 Å². The summed E-state index contributed by atoms with van der Waals surface area (Å²) in [6.45, 7) is 13.5. The predicted molar refractivity (Wildman–Crippen MR) is 76.5 cm³/mol. The van der Waals surface area contributed by atoms with Crippen molar-refractivity contribution in [1.82, 2.24) is 5.32 Å². The molecule has 0 amide bonds. The molecule has 1 heteroatoms. The van der Waals surface area contributed by atoms with Gasteiger partial charge >= 0.3 is 0 Å². The van der Waals surface area contributed by atoms with Gasteiger partial charge in [-0.05, 0) is 36.8 Å². The van der Waals surface area contributed by atoms with E-state index in [2.05, 4.69) is 64.2 Å². The average Bonchev–Trinajstić information content (AvgIpc) is 2.25. The van der Waals surface area contributed by atoms with Gasteiger partial charge in [0.25, 0.3) is 0 Å². The fraction of sp³-hybridized carbons (Fsp3) is 0.625. The first kappa shape index (κ1) is 14.2. The summed E-state index contributed by atoms with van der Waals surface area (Å²) in [5.74, 6) is 2.02. The Hall–Kier alpha value is -0.820. The summed E-state index contributed by atoms with van der Waals surface area (Å²) in [6.07, 6.45) is 0. The maximum absolute atomic E-state index is 3.58. The van der Waals surface area contributed by atoms with Gasteiger partial charge in [-0.3, -0.25) is 0 Å². The zero-order chi connectivity index (χ0) is 12.8. The van der Waals surface area contributed by atoms with Crippen LogP contribution in [0.4, 0.5) is 0 Å². The van der Waals surface area contributed by atoms with E-state index in [-0.39, 0.29) is 0 Å². The quantitative estimate of drug-likeness (QED) is 0.783. The molecule has 0 saturated heterocycles. The molecule has 0 aliphatic carbocycles. The standard InChI is InChI=1S/C16H27N/c1-12(2)10-17-11-16(13(3)4)15-8-6-14(5)7-9-15/h6-9,12-13,16-17H,10-11H2,1-5H3. The molecular weight excluding hydrogens is 206 g/mol. The van der Waals surface area contributed by atoms with Crippen LogP contribution in [0.5, 0.6) is 0 Å². The Morgan fingerprint density at radius 2 is 1.53 bits per heavy atom. The van der Waals surface area contributed by atoms with E-state index >= 15 is 0 Å². The highest BCUT2D eigenvalue weighted by atomic mass is 14.9. The second-order valence-electron chi connectivity index (χ2n) is 5.81. The number of rotatable bonds is 6. The van der Waals surface area contributed by atoms with Crippen LogP contribution < -0.4 is 5.32 Å². The molecule has 96 valence electrons. The van der Waals surface area contributed by atoms with Gasteiger partial charge in [-0.2, -0.15) is 0 Å². The Morgan fingerprint density at radius 3 is 2.00 bits per heavy atom. The van der Waals surface area contributed by atoms with E-state index in [0.717, 1.165) is 19.0 Å². The number of nitrogens with one attached hydrogen (secondary N) is 1. The third kappa shape index (κ3) is 4.91. The van der Waals surface area contributed by atoms with E-state index in [9.17, 15) is 0 Å². The normalized spacial score (nSPS) is 13.4. The third-order valence-corrected chi connectivity index (χ3v) is 3.23. The second kappa shape index (κ2) is 6.80. The molecule has 0 radical (unpaired) electrons. The van der Waals surface area contributed by atoms with Gasteiger partial charge in [-0.1, -0.05) is 57.5 Å². The lowest BCUT2D eigenvalue weighted by Gasteiger charge is -2.22. The van der Waals surface area contributed by atoms with Crippen LogP contribution in [-0.2, 0) is 0 Å². The Morgan fingerprint density at radius 1 is 0.941 bits per heavy atom. The monoisotopic (exact) mass is 233 g/mol. The van der Waals surface area contributed by atoms with Gasteiger partial charge in [0.05, 0.1) is 0 Å². The molecule has 0 bridgehead atoms. The Balaban J connectivity index is 2.62. The molecule has 0 spiro atoms. The summed E-state index contributed by atoms with van der Waals surface area (Å²) in [7, 11) is 0. The fourth-order valence-electron chi connectivity index (χ4n) is 2.08. The highest BCUT2D eigenvalue weighted by Crippen LogP contribution is 2.23. The highest BCUT2D eigenvalue weighted by molar-refractivity contribution is 5.25. The minimum absolute atomic E-state index is 0.620. The van der Waals surface area contributed by atoms with Crippen molar-refractivity contribution in [1.29, 1.82) is 0 Å². The topological polar surface area (TPSA) is 12.0 Å². The van der Waals surface area contributed by atoms with Gasteiger partial charge in [-0.15, -0.1) is 0 Å². The highest BCUT2D eigenvalue weighted by Gasteiger charge is 2.15. The lowest BCUT2D eigenvalue weighted by atomic mass is 9.88. The Kier molecular flexibility index (Phi) is 5.70. The minimum atomic E-state index is 0.620. The van der Waals surface area contributed by atoms with E-state index in [0.29, 0.717) is 11.8 Å². The number of benzene rings is 1. The SMILES string of the molecule is Cc1ccc(C(CNCC(C)C)C(C)C)cc1. The molecule has 1 aromatic carbocycles. The van der Waals surface area contributed by atoms with E-state index in [1.165, 1.54) is 11.1 Å². The first-order valence-corrected chi connectivity index (χ1v) is 6.78. The lowest BCUT2D eigenvalue weighted by molar-refractivity contribution is 0.442. The van der Waals surface area contributed by atoms with Crippen molar-refractivity contribution < 1.29 is 0 Å². The Bertz CT molecular complexity index is 311. The molecule has 17 heavy (non-hydrogen) atoms. The van der Waals surface area contributed by atoms with Crippen LogP contribution in [0.15, 0.2) is 24.3 Å². The van der Waals surface area contributed by atoms with Crippen molar-refractivity contribution in [3.63, 3.8) is 0 Å². The first-order chi connectivity index (χ1) is 8.00. The van der Waals surface area contributed by atoms with Crippen LogP contribution >= 0.6 is 0 Å². The van der Waals surface area contributed by atoms with E-state index < -0.39 is 0 Å². The molecular formula is C16H27N.